The van der Waals surface area contributed by atoms with Gasteiger partial charge in [-0.15, -0.1) is 0 Å². The van der Waals surface area contributed by atoms with Crippen molar-refractivity contribution in [3.05, 3.63) is 53.5 Å². The molecular weight excluding hydrogens is 219 g/mol. The van der Waals surface area contributed by atoms with E-state index in [0.29, 0.717) is 19.0 Å². The fourth-order valence-electron chi connectivity index (χ4n) is 1.55. The van der Waals surface area contributed by atoms with Crippen LogP contribution in [0.1, 0.15) is 24.1 Å². The summed E-state index contributed by atoms with van der Waals surface area (Å²) >= 11 is 0. The van der Waals surface area contributed by atoms with Crippen LogP contribution in [0.25, 0.3) is 0 Å². The van der Waals surface area contributed by atoms with E-state index in [0.717, 1.165) is 17.7 Å². The van der Waals surface area contributed by atoms with E-state index in [9.17, 15) is 4.39 Å². The lowest BCUT2D eigenvalue weighted by Crippen LogP contribution is -2.12. The number of hydrogen-bond acceptors (Lipinski definition) is 3. The Morgan fingerprint density at radius 3 is 2.94 bits per heavy atom. The van der Waals surface area contributed by atoms with Crippen LogP contribution in [0.15, 0.2) is 34.9 Å². The van der Waals surface area contributed by atoms with E-state index >= 15 is 0 Å². The Labute approximate surface area is 99.7 Å². The van der Waals surface area contributed by atoms with Crippen LogP contribution in [0.5, 0.6) is 0 Å². The zero-order valence-electron chi connectivity index (χ0n) is 9.74. The molecule has 0 aliphatic carbocycles. The fourth-order valence-corrected chi connectivity index (χ4v) is 1.55. The molecule has 0 saturated carbocycles. The summed E-state index contributed by atoms with van der Waals surface area (Å²) in [5, 5.41) is 3.16. The second kappa shape index (κ2) is 5.59. The molecule has 0 saturated heterocycles. The third-order valence-electron chi connectivity index (χ3n) is 2.44. The van der Waals surface area contributed by atoms with Crippen LogP contribution in [0.2, 0.25) is 0 Å². The molecule has 0 aliphatic heterocycles. The van der Waals surface area contributed by atoms with Gasteiger partial charge in [-0.3, -0.25) is 0 Å². The molecule has 2 rings (SSSR count). The van der Waals surface area contributed by atoms with E-state index < -0.39 is 0 Å². The van der Waals surface area contributed by atoms with Gasteiger partial charge in [-0.1, -0.05) is 19.1 Å². The largest absolute Gasteiger partial charge is 0.444 e. The summed E-state index contributed by atoms with van der Waals surface area (Å²) in [6.45, 7) is 3.17. The average molecular weight is 234 g/mol. The molecule has 0 spiro atoms. The van der Waals surface area contributed by atoms with Gasteiger partial charge in [0.05, 0.1) is 12.7 Å². The minimum atomic E-state index is -0.214. The van der Waals surface area contributed by atoms with Gasteiger partial charge in [-0.25, -0.2) is 9.37 Å². The highest BCUT2D eigenvalue weighted by molar-refractivity contribution is 5.15. The van der Waals surface area contributed by atoms with Crippen LogP contribution in [0.3, 0.4) is 0 Å². The molecule has 0 amide bonds. The molecule has 1 aromatic carbocycles. The molecule has 17 heavy (non-hydrogen) atoms. The van der Waals surface area contributed by atoms with Crippen LogP contribution in [-0.4, -0.2) is 4.98 Å². The van der Waals surface area contributed by atoms with Crippen molar-refractivity contribution in [3.63, 3.8) is 0 Å². The third-order valence-corrected chi connectivity index (χ3v) is 2.44. The number of benzene rings is 1. The first-order valence-corrected chi connectivity index (χ1v) is 5.66. The summed E-state index contributed by atoms with van der Waals surface area (Å²) in [6, 6.07) is 6.53. The molecule has 0 bridgehead atoms. The van der Waals surface area contributed by atoms with Crippen molar-refractivity contribution < 1.29 is 8.81 Å². The Morgan fingerprint density at radius 1 is 1.35 bits per heavy atom. The zero-order valence-corrected chi connectivity index (χ0v) is 9.74. The fraction of sp³-hybridized carbons (Fsp3) is 0.308. The average Bonchev–Trinajstić information content (AvgIpc) is 2.77. The molecule has 4 heteroatoms. The molecule has 90 valence electrons. The number of nitrogens with zero attached hydrogens (tertiary/aromatic N) is 1. The van der Waals surface area contributed by atoms with E-state index in [4.69, 9.17) is 4.42 Å². The predicted octanol–water partition coefficient (Wildman–Crippen LogP) is 2.67. The monoisotopic (exact) mass is 234 g/mol. The predicted molar refractivity (Wildman–Crippen MR) is 62.8 cm³/mol. The second-order valence-corrected chi connectivity index (χ2v) is 3.81. The summed E-state index contributed by atoms with van der Waals surface area (Å²) in [6.07, 6.45) is 2.58. The molecule has 0 unspecified atom stereocenters. The minimum absolute atomic E-state index is 0.214. The number of aryl methyl sites for hydroxylation is 1. The Kier molecular flexibility index (Phi) is 3.88. The maximum Gasteiger partial charge on any atom is 0.208 e. The van der Waals surface area contributed by atoms with Crippen molar-refractivity contribution in [1.82, 2.24) is 10.3 Å². The van der Waals surface area contributed by atoms with E-state index in [1.807, 2.05) is 13.0 Å². The lowest BCUT2D eigenvalue weighted by molar-refractivity contribution is 0.439. The number of rotatable bonds is 5. The first-order valence-electron chi connectivity index (χ1n) is 5.66. The third kappa shape index (κ3) is 3.39. The number of oxazole rings is 1. The first kappa shape index (κ1) is 11.8. The van der Waals surface area contributed by atoms with Crippen LogP contribution < -0.4 is 5.32 Å². The van der Waals surface area contributed by atoms with Crippen molar-refractivity contribution in [1.29, 1.82) is 0 Å². The van der Waals surface area contributed by atoms with Crippen molar-refractivity contribution in [2.45, 2.75) is 26.4 Å². The standard InChI is InChI=1S/C13H15FN2O/c1-2-12-8-16-13(17-12)9-15-7-10-4-3-5-11(14)6-10/h3-6,8,15H,2,7,9H2,1H3. The maximum absolute atomic E-state index is 12.9. The van der Waals surface area contributed by atoms with Crippen LogP contribution in [-0.2, 0) is 19.5 Å². The van der Waals surface area contributed by atoms with E-state index in [-0.39, 0.29) is 5.82 Å². The lowest BCUT2D eigenvalue weighted by atomic mass is 10.2. The van der Waals surface area contributed by atoms with Crippen molar-refractivity contribution in [2.75, 3.05) is 0 Å². The number of aromatic nitrogens is 1. The summed E-state index contributed by atoms with van der Waals surface area (Å²) in [5.74, 6) is 1.33. The van der Waals surface area contributed by atoms with Crippen LogP contribution in [0.4, 0.5) is 4.39 Å². The van der Waals surface area contributed by atoms with Crippen LogP contribution in [0, 0.1) is 5.82 Å². The highest BCUT2D eigenvalue weighted by atomic mass is 19.1. The molecule has 3 nitrogen and oxygen atoms in total. The van der Waals surface area contributed by atoms with Gasteiger partial charge in [0, 0.05) is 13.0 Å². The molecule has 0 atom stereocenters. The highest BCUT2D eigenvalue weighted by Gasteiger charge is 2.01. The van der Waals surface area contributed by atoms with Gasteiger partial charge in [0.2, 0.25) is 5.89 Å². The normalized spacial score (nSPS) is 10.7. The van der Waals surface area contributed by atoms with E-state index in [1.54, 1.807) is 12.3 Å². The molecule has 1 N–H and O–H groups in total. The lowest BCUT2D eigenvalue weighted by Gasteiger charge is -2.02. The van der Waals surface area contributed by atoms with Gasteiger partial charge in [0.1, 0.15) is 11.6 Å². The Hall–Kier alpha value is -1.68. The summed E-state index contributed by atoms with van der Waals surface area (Å²) in [7, 11) is 0. The van der Waals surface area contributed by atoms with Crippen molar-refractivity contribution in [3.8, 4) is 0 Å². The van der Waals surface area contributed by atoms with E-state index in [1.165, 1.54) is 12.1 Å². The molecular formula is C13H15FN2O. The van der Waals surface area contributed by atoms with Gasteiger partial charge < -0.3 is 9.73 Å². The molecule has 1 aromatic heterocycles. The quantitative estimate of drug-likeness (QED) is 0.864. The number of nitrogens with one attached hydrogen (secondary N) is 1. The zero-order chi connectivity index (χ0) is 12.1. The summed E-state index contributed by atoms with van der Waals surface area (Å²) < 4.78 is 18.4. The van der Waals surface area contributed by atoms with Crippen LogP contribution >= 0.6 is 0 Å². The number of hydrogen-bond donors (Lipinski definition) is 1. The minimum Gasteiger partial charge on any atom is -0.444 e. The summed E-state index contributed by atoms with van der Waals surface area (Å²) in [5.41, 5.74) is 0.910. The second-order valence-electron chi connectivity index (χ2n) is 3.81. The van der Waals surface area contributed by atoms with Crippen molar-refractivity contribution in [2.24, 2.45) is 0 Å². The SMILES string of the molecule is CCc1cnc(CNCc2cccc(F)c2)o1. The van der Waals surface area contributed by atoms with Crippen molar-refractivity contribution >= 4 is 0 Å². The molecule has 1 heterocycles. The number of halogens is 1. The molecule has 0 radical (unpaired) electrons. The highest BCUT2D eigenvalue weighted by Crippen LogP contribution is 2.05. The van der Waals surface area contributed by atoms with Gasteiger partial charge in [-0.05, 0) is 17.7 Å². The Morgan fingerprint density at radius 2 is 2.24 bits per heavy atom. The van der Waals surface area contributed by atoms with Gasteiger partial charge in [0.25, 0.3) is 0 Å². The Bertz CT molecular complexity index is 482. The molecule has 0 aliphatic rings. The smallest absolute Gasteiger partial charge is 0.208 e. The maximum atomic E-state index is 12.9. The summed E-state index contributed by atoms with van der Waals surface area (Å²) in [4.78, 5) is 4.13. The first-order chi connectivity index (χ1) is 8.28. The molecule has 0 fully saturated rings. The van der Waals surface area contributed by atoms with E-state index in [2.05, 4.69) is 10.3 Å². The van der Waals surface area contributed by atoms with Gasteiger partial charge >= 0.3 is 0 Å². The van der Waals surface area contributed by atoms with Gasteiger partial charge in [-0.2, -0.15) is 0 Å². The Balaban J connectivity index is 1.83. The molecule has 2 aromatic rings. The van der Waals surface area contributed by atoms with Gasteiger partial charge in [0.15, 0.2) is 0 Å². The topological polar surface area (TPSA) is 38.1 Å².